The van der Waals surface area contributed by atoms with E-state index in [0.29, 0.717) is 23.2 Å². The van der Waals surface area contributed by atoms with E-state index in [1.807, 2.05) is 9.80 Å². The minimum absolute atomic E-state index is 0. The predicted octanol–water partition coefficient (Wildman–Crippen LogP) is 3.07. The Labute approximate surface area is 176 Å². The third-order valence-corrected chi connectivity index (χ3v) is 5.75. The third-order valence-electron chi connectivity index (χ3n) is 5.75. The predicted molar refractivity (Wildman–Crippen MR) is 111 cm³/mol. The van der Waals surface area contributed by atoms with Crippen LogP contribution >= 0.6 is 12.4 Å². The molecule has 2 fully saturated rings. The van der Waals surface area contributed by atoms with E-state index in [0.717, 1.165) is 38.8 Å². The molecule has 0 unspecified atom stereocenters. The van der Waals surface area contributed by atoms with Gasteiger partial charge in [0.1, 0.15) is 11.4 Å². The van der Waals surface area contributed by atoms with Gasteiger partial charge in [0, 0.05) is 31.2 Å². The number of hydrogen-bond acceptors (Lipinski definition) is 6. The lowest BCUT2D eigenvalue weighted by molar-refractivity contribution is -0.135. The van der Waals surface area contributed by atoms with E-state index in [1.54, 1.807) is 0 Å². The average Bonchev–Trinajstić information content (AvgIpc) is 3.51. The standard InChI is InChI=1S/C20H26FN3O4.ClH/c1-22(2)12-6-8-23(9-7-12)17-14(21)10-15-18(19(17)27-3)24(13-4-5-13)11-16(28-15)20(25)26;/h10-13H,4-9H2,1-3H3,(H,25,26);1H. The molecule has 2 aliphatic heterocycles. The molecule has 0 spiro atoms. The highest BCUT2D eigenvalue weighted by molar-refractivity contribution is 5.90. The second kappa shape index (κ2) is 8.28. The highest BCUT2D eigenvalue weighted by atomic mass is 35.5. The third kappa shape index (κ3) is 3.96. The van der Waals surface area contributed by atoms with Crippen molar-refractivity contribution in [3.63, 3.8) is 0 Å². The Kier molecular flexibility index (Phi) is 6.14. The minimum atomic E-state index is -1.18. The van der Waals surface area contributed by atoms with Gasteiger partial charge in [0.15, 0.2) is 17.3 Å². The van der Waals surface area contributed by atoms with Gasteiger partial charge < -0.3 is 29.3 Å². The van der Waals surface area contributed by atoms with Gasteiger partial charge in [0.05, 0.1) is 13.3 Å². The largest absolute Gasteiger partial charge is 0.492 e. The number of nitrogens with zero attached hydrogens (tertiary/aromatic N) is 3. The van der Waals surface area contributed by atoms with Gasteiger partial charge in [-0.2, -0.15) is 0 Å². The number of halogens is 2. The van der Waals surface area contributed by atoms with Crippen LogP contribution < -0.4 is 19.3 Å². The van der Waals surface area contributed by atoms with Crippen LogP contribution in [-0.4, -0.2) is 62.4 Å². The molecule has 0 aromatic heterocycles. The van der Waals surface area contributed by atoms with Gasteiger partial charge in [-0.15, -0.1) is 12.4 Å². The van der Waals surface area contributed by atoms with Crippen LogP contribution in [-0.2, 0) is 4.79 Å². The summed E-state index contributed by atoms with van der Waals surface area (Å²) in [7, 11) is 5.65. The molecule has 1 aliphatic carbocycles. The highest BCUT2D eigenvalue weighted by Gasteiger charge is 2.39. The zero-order chi connectivity index (χ0) is 20.0. The fourth-order valence-corrected chi connectivity index (χ4v) is 4.08. The van der Waals surface area contributed by atoms with Crippen LogP contribution in [0.3, 0.4) is 0 Å². The van der Waals surface area contributed by atoms with Crippen LogP contribution in [0.4, 0.5) is 15.8 Å². The summed E-state index contributed by atoms with van der Waals surface area (Å²) in [5, 5.41) is 9.35. The molecule has 29 heavy (non-hydrogen) atoms. The number of carboxylic acids is 1. The molecule has 0 atom stereocenters. The fourth-order valence-electron chi connectivity index (χ4n) is 4.08. The maximum absolute atomic E-state index is 15.1. The van der Waals surface area contributed by atoms with Crippen LogP contribution in [0.15, 0.2) is 18.0 Å². The smallest absolute Gasteiger partial charge is 0.373 e. The van der Waals surface area contributed by atoms with Crippen molar-refractivity contribution >= 4 is 29.8 Å². The van der Waals surface area contributed by atoms with Crippen molar-refractivity contribution in [1.29, 1.82) is 0 Å². The van der Waals surface area contributed by atoms with Crippen molar-refractivity contribution in [3.05, 3.63) is 23.8 Å². The Morgan fingerprint density at radius 3 is 2.41 bits per heavy atom. The molecule has 1 saturated carbocycles. The van der Waals surface area contributed by atoms with Crippen molar-refractivity contribution in [2.24, 2.45) is 0 Å². The number of ether oxygens (including phenoxy) is 2. The summed E-state index contributed by atoms with van der Waals surface area (Å²) >= 11 is 0. The van der Waals surface area contributed by atoms with Crippen LogP contribution in [0.25, 0.3) is 0 Å². The molecule has 0 radical (unpaired) electrons. The molecule has 9 heteroatoms. The molecule has 3 aliphatic rings. The molecule has 7 nitrogen and oxygen atoms in total. The molecule has 0 amide bonds. The van der Waals surface area contributed by atoms with Crippen molar-refractivity contribution < 1.29 is 23.8 Å². The average molecular weight is 428 g/mol. The number of hydrogen-bond donors (Lipinski definition) is 1. The fraction of sp³-hybridized carbons (Fsp3) is 0.550. The number of piperidine rings is 1. The molecule has 160 valence electrons. The number of fused-ring (bicyclic) bond motifs is 1. The summed E-state index contributed by atoms with van der Waals surface area (Å²) in [6.45, 7) is 1.46. The number of rotatable bonds is 5. The monoisotopic (exact) mass is 427 g/mol. The first-order valence-corrected chi connectivity index (χ1v) is 9.64. The van der Waals surface area contributed by atoms with Gasteiger partial charge >= 0.3 is 5.97 Å². The van der Waals surface area contributed by atoms with Gasteiger partial charge in [0.2, 0.25) is 5.76 Å². The lowest BCUT2D eigenvalue weighted by Gasteiger charge is -2.38. The van der Waals surface area contributed by atoms with E-state index in [1.165, 1.54) is 19.4 Å². The zero-order valence-electron chi connectivity index (χ0n) is 16.9. The summed E-state index contributed by atoms with van der Waals surface area (Å²) in [6.07, 6.45) is 5.28. The zero-order valence-corrected chi connectivity index (χ0v) is 17.7. The number of anilines is 2. The van der Waals surface area contributed by atoms with Gasteiger partial charge in [-0.25, -0.2) is 9.18 Å². The first kappa shape index (κ1) is 21.5. The Balaban J connectivity index is 0.00000240. The lowest BCUT2D eigenvalue weighted by Crippen LogP contribution is -2.42. The molecule has 1 N–H and O–H groups in total. The summed E-state index contributed by atoms with van der Waals surface area (Å²) in [5.74, 6) is -1.24. The van der Waals surface area contributed by atoms with Crippen LogP contribution in [0.1, 0.15) is 25.7 Å². The van der Waals surface area contributed by atoms with Gasteiger partial charge in [0.25, 0.3) is 0 Å². The first-order chi connectivity index (χ1) is 13.4. The maximum Gasteiger partial charge on any atom is 0.373 e. The minimum Gasteiger partial charge on any atom is -0.492 e. The number of carbonyl (C=O) groups is 1. The Hall–Kier alpha value is -2.19. The SMILES string of the molecule is COc1c(N2CCC(N(C)C)CC2)c(F)cc2c1N(C1CC1)C=C(C(=O)O)O2.Cl. The first-order valence-electron chi connectivity index (χ1n) is 9.64. The molecule has 1 saturated heterocycles. The maximum atomic E-state index is 15.1. The lowest BCUT2D eigenvalue weighted by atomic mass is 10.0. The molecule has 2 heterocycles. The van der Waals surface area contributed by atoms with E-state index in [4.69, 9.17) is 9.47 Å². The van der Waals surface area contributed by atoms with Crippen LogP contribution in [0.5, 0.6) is 11.5 Å². The topological polar surface area (TPSA) is 65.5 Å². The van der Waals surface area contributed by atoms with Crippen LogP contribution in [0.2, 0.25) is 0 Å². The van der Waals surface area contributed by atoms with Crippen molar-refractivity contribution in [3.8, 4) is 11.5 Å². The number of aliphatic carboxylic acids is 1. The number of methoxy groups -OCH3 is 1. The number of benzene rings is 1. The van der Waals surface area contributed by atoms with Gasteiger partial charge in [-0.05, 0) is 39.8 Å². The second-order valence-corrected chi connectivity index (χ2v) is 7.81. The van der Waals surface area contributed by atoms with E-state index >= 15 is 4.39 Å². The Morgan fingerprint density at radius 1 is 1.24 bits per heavy atom. The highest BCUT2D eigenvalue weighted by Crippen LogP contribution is 2.52. The Bertz CT molecular complexity index is 820. The van der Waals surface area contributed by atoms with Crippen molar-refractivity contribution in [1.82, 2.24) is 4.90 Å². The second-order valence-electron chi connectivity index (χ2n) is 7.81. The summed E-state index contributed by atoms with van der Waals surface area (Å²) in [6, 6.07) is 1.95. The summed E-state index contributed by atoms with van der Waals surface area (Å²) in [5.41, 5.74) is 1.04. The van der Waals surface area contributed by atoms with E-state index in [-0.39, 0.29) is 30.0 Å². The Morgan fingerprint density at radius 2 is 1.90 bits per heavy atom. The molecular weight excluding hydrogens is 401 g/mol. The quantitative estimate of drug-likeness (QED) is 0.774. The van der Waals surface area contributed by atoms with Crippen molar-refractivity contribution in [2.75, 3.05) is 44.1 Å². The molecular formula is C20H27ClFN3O4. The molecule has 4 rings (SSSR count). The van der Waals surface area contributed by atoms with E-state index in [9.17, 15) is 9.90 Å². The molecule has 0 bridgehead atoms. The van der Waals surface area contributed by atoms with Crippen molar-refractivity contribution in [2.45, 2.75) is 37.8 Å². The van der Waals surface area contributed by atoms with E-state index in [2.05, 4.69) is 19.0 Å². The van der Waals surface area contributed by atoms with Crippen LogP contribution in [0, 0.1) is 5.82 Å². The summed E-state index contributed by atoms with van der Waals surface area (Å²) in [4.78, 5) is 17.5. The molecule has 1 aromatic rings. The summed E-state index contributed by atoms with van der Waals surface area (Å²) < 4.78 is 26.3. The van der Waals surface area contributed by atoms with Gasteiger partial charge in [-0.3, -0.25) is 0 Å². The van der Waals surface area contributed by atoms with E-state index < -0.39 is 11.8 Å². The number of carboxylic acid groups (broad SMARTS) is 1. The normalized spacial score (nSPS) is 19.3. The van der Waals surface area contributed by atoms with Gasteiger partial charge in [-0.1, -0.05) is 0 Å². The molecule has 1 aromatic carbocycles.